The standard InChI is InChI=1S/C13H23N3O4/c1-5-20-13(18)16-8-6-15(7-9-16)11(10-14(2)3)12(17)19-4/h10H,5-9H2,1-4H3/b11-10+. The van der Waals surface area contributed by atoms with Crippen LogP contribution in [0.4, 0.5) is 4.79 Å². The van der Waals surface area contributed by atoms with E-state index in [1.807, 2.05) is 19.0 Å². The van der Waals surface area contributed by atoms with Crippen LogP contribution >= 0.6 is 0 Å². The highest BCUT2D eigenvalue weighted by Crippen LogP contribution is 2.12. The van der Waals surface area contributed by atoms with Crippen molar-refractivity contribution in [3.05, 3.63) is 11.9 Å². The first kappa shape index (κ1) is 16.1. The van der Waals surface area contributed by atoms with E-state index in [4.69, 9.17) is 9.47 Å². The van der Waals surface area contributed by atoms with Gasteiger partial charge >= 0.3 is 12.1 Å². The zero-order valence-corrected chi connectivity index (χ0v) is 12.6. The van der Waals surface area contributed by atoms with E-state index in [0.717, 1.165) is 0 Å². The molecule has 0 unspecified atom stereocenters. The molecule has 1 saturated heterocycles. The molecule has 1 amide bonds. The number of nitrogens with zero attached hydrogens (tertiary/aromatic N) is 3. The quantitative estimate of drug-likeness (QED) is 0.548. The lowest BCUT2D eigenvalue weighted by atomic mass is 10.3. The number of ether oxygens (including phenoxy) is 2. The molecule has 7 heteroatoms. The molecule has 0 atom stereocenters. The second-order valence-corrected chi connectivity index (χ2v) is 4.64. The van der Waals surface area contributed by atoms with Crippen LogP contribution in [-0.4, -0.2) is 80.8 Å². The van der Waals surface area contributed by atoms with Crippen molar-refractivity contribution in [3.63, 3.8) is 0 Å². The summed E-state index contributed by atoms with van der Waals surface area (Å²) in [6.45, 7) is 4.36. The Morgan fingerprint density at radius 1 is 1.15 bits per heavy atom. The molecule has 1 aliphatic heterocycles. The molecule has 0 spiro atoms. The van der Waals surface area contributed by atoms with E-state index in [0.29, 0.717) is 38.5 Å². The van der Waals surface area contributed by atoms with Crippen molar-refractivity contribution in [2.75, 3.05) is 54.0 Å². The summed E-state index contributed by atoms with van der Waals surface area (Å²) >= 11 is 0. The van der Waals surface area contributed by atoms with Crippen molar-refractivity contribution in [2.45, 2.75) is 6.92 Å². The first-order chi connectivity index (χ1) is 9.49. The molecule has 1 fully saturated rings. The van der Waals surface area contributed by atoms with E-state index in [1.165, 1.54) is 7.11 Å². The number of piperazine rings is 1. The molecule has 20 heavy (non-hydrogen) atoms. The van der Waals surface area contributed by atoms with Gasteiger partial charge in [-0.2, -0.15) is 0 Å². The van der Waals surface area contributed by atoms with Gasteiger partial charge in [-0.15, -0.1) is 0 Å². The summed E-state index contributed by atoms with van der Waals surface area (Å²) in [5.41, 5.74) is 0.501. The zero-order valence-electron chi connectivity index (χ0n) is 12.6. The highest BCUT2D eigenvalue weighted by molar-refractivity contribution is 5.87. The monoisotopic (exact) mass is 285 g/mol. The molecular formula is C13H23N3O4. The summed E-state index contributed by atoms with van der Waals surface area (Å²) in [4.78, 5) is 28.8. The van der Waals surface area contributed by atoms with E-state index in [-0.39, 0.29) is 12.1 Å². The summed E-state index contributed by atoms with van der Waals surface area (Å²) in [7, 11) is 5.05. The molecule has 0 saturated carbocycles. The van der Waals surface area contributed by atoms with Gasteiger partial charge in [-0.3, -0.25) is 0 Å². The molecular weight excluding hydrogens is 262 g/mol. The van der Waals surface area contributed by atoms with Crippen molar-refractivity contribution < 1.29 is 19.1 Å². The third-order valence-electron chi connectivity index (χ3n) is 2.92. The Kier molecular flexibility index (Phi) is 6.14. The van der Waals surface area contributed by atoms with Crippen LogP contribution in [0.5, 0.6) is 0 Å². The molecule has 0 N–H and O–H groups in total. The predicted octanol–water partition coefficient (Wildman–Crippen LogP) is 0.337. The van der Waals surface area contributed by atoms with Gasteiger partial charge in [0.1, 0.15) is 5.70 Å². The molecule has 0 aromatic heterocycles. The fourth-order valence-corrected chi connectivity index (χ4v) is 1.96. The predicted molar refractivity (Wildman–Crippen MR) is 74.0 cm³/mol. The van der Waals surface area contributed by atoms with Gasteiger partial charge in [0.15, 0.2) is 0 Å². The smallest absolute Gasteiger partial charge is 0.409 e. The molecule has 114 valence electrons. The fraction of sp³-hybridized carbons (Fsp3) is 0.692. The molecule has 7 nitrogen and oxygen atoms in total. The van der Waals surface area contributed by atoms with Crippen LogP contribution in [0.15, 0.2) is 11.9 Å². The van der Waals surface area contributed by atoms with Gasteiger partial charge in [-0.1, -0.05) is 0 Å². The second-order valence-electron chi connectivity index (χ2n) is 4.64. The van der Waals surface area contributed by atoms with Gasteiger partial charge in [0.25, 0.3) is 0 Å². The molecule has 0 aliphatic carbocycles. The van der Waals surface area contributed by atoms with Crippen LogP contribution in [0.2, 0.25) is 0 Å². The number of rotatable bonds is 4. The summed E-state index contributed by atoms with van der Waals surface area (Å²) < 4.78 is 9.76. The Balaban J connectivity index is 2.66. The van der Waals surface area contributed by atoms with Crippen molar-refractivity contribution in [1.82, 2.24) is 14.7 Å². The first-order valence-electron chi connectivity index (χ1n) is 6.62. The van der Waals surface area contributed by atoms with E-state index in [9.17, 15) is 9.59 Å². The molecule has 0 aromatic rings. The lowest BCUT2D eigenvalue weighted by Gasteiger charge is -2.36. The maximum atomic E-state index is 11.8. The number of esters is 1. The number of carbonyl (C=O) groups is 2. The Morgan fingerprint density at radius 2 is 1.70 bits per heavy atom. The maximum Gasteiger partial charge on any atom is 0.409 e. The van der Waals surface area contributed by atoms with Crippen LogP contribution in [-0.2, 0) is 14.3 Å². The van der Waals surface area contributed by atoms with Crippen molar-refractivity contribution >= 4 is 12.1 Å². The number of methoxy groups -OCH3 is 1. The summed E-state index contributed by atoms with van der Waals surface area (Å²) in [5, 5.41) is 0. The van der Waals surface area contributed by atoms with Crippen molar-refractivity contribution in [3.8, 4) is 0 Å². The summed E-state index contributed by atoms with van der Waals surface area (Å²) in [5.74, 6) is -0.372. The lowest BCUT2D eigenvalue weighted by molar-refractivity contribution is -0.138. The van der Waals surface area contributed by atoms with Crippen LogP contribution in [0.3, 0.4) is 0 Å². The third kappa shape index (κ3) is 4.32. The average molecular weight is 285 g/mol. The average Bonchev–Trinajstić information content (AvgIpc) is 2.44. The summed E-state index contributed by atoms with van der Waals surface area (Å²) in [6, 6.07) is 0. The maximum absolute atomic E-state index is 11.8. The SMILES string of the molecule is CCOC(=O)N1CCN(/C(=C/N(C)C)C(=O)OC)CC1. The van der Waals surface area contributed by atoms with Crippen LogP contribution in [0, 0.1) is 0 Å². The van der Waals surface area contributed by atoms with Gasteiger partial charge in [-0.05, 0) is 6.92 Å². The molecule has 0 aromatic carbocycles. The molecule has 0 bridgehead atoms. The van der Waals surface area contributed by atoms with E-state index in [2.05, 4.69) is 0 Å². The van der Waals surface area contributed by atoms with E-state index in [1.54, 1.807) is 22.9 Å². The van der Waals surface area contributed by atoms with E-state index < -0.39 is 0 Å². The van der Waals surface area contributed by atoms with Gasteiger partial charge in [0, 0.05) is 46.5 Å². The Morgan fingerprint density at radius 3 is 2.15 bits per heavy atom. The number of amides is 1. The van der Waals surface area contributed by atoms with Crippen molar-refractivity contribution in [1.29, 1.82) is 0 Å². The topological polar surface area (TPSA) is 62.3 Å². The van der Waals surface area contributed by atoms with Crippen LogP contribution < -0.4 is 0 Å². The number of carbonyl (C=O) groups excluding carboxylic acids is 2. The van der Waals surface area contributed by atoms with Gasteiger partial charge in [0.05, 0.1) is 13.7 Å². The normalized spacial score (nSPS) is 15.9. The number of hydrogen-bond donors (Lipinski definition) is 0. The third-order valence-corrected chi connectivity index (χ3v) is 2.92. The van der Waals surface area contributed by atoms with E-state index >= 15 is 0 Å². The molecule has 1 rings (SSSR count). The second kappa shape index (κ2) is 7.62. The fourth-order valence-electron chi connectivity index (χ4n) is 1.96. The minimum absolute atomic E-state index is 0.302. The van der Waals surface area contributed by atoms with Gasteiger partial charge in [-0.25, -0.2) is 9.59 Å². The highest BCUT2D eigenvalue weighted by Gasteiger charge is 2.26. The Bertz CT molecular complexity index is 374. The minimum Gasteiger partial charge on any atom is -0.464 e. The van der Waals surface area contributed by atoms with Gasteiger partial charge < -0.3 is 24.2 Å². The largest absolute Gasteiger partial charge is 0.464 e. The highest BCUT2D eigenvalue weighted by atomic mass is 16.6. The Labute approximate surface area is 119 Å². The molecule has 1 aliphatic rings. The van der Waals surface area contributed by atoms with Crippen LogP contribution in [0.1, 0.15) is 6.92 Å². The Hall–Kier alpha value is -1.92. The molecule has 1 heterocycles. The minimum atomic E-state index is -0.372. The summed E-state index contributed by atoms with van der Waals surface area (Å²) in [6.07, 6.45) is 1.43. The van der Waals surface area contributed by atoms with Crippen molar-refractivity contribution in [2.24, 2.45) is 0 Å². The number of hydrogen-bond acceptors (Lipinski definition) is 6. The lowest BCUT2D eigenvalue weighted by Crippen LogP contribution is -2.49. The first-order valence-corrected chi connectivity index (χ1v) is 6.62. The molecule has 0 radical (unpaired) electrons. The van der Waals surface area contributed by atoms with Gasteiger partial charge in [0.2, 0.25) is 0 Å². The zero-order chi connectivity index (χ0) is 15.1. The van der Waals surface area contributed by atoms with Crippen LogP contribution in [0.25, 0.3) is 0 Å².